The van der Waals surface area contributed by atoms with E-state index in [9.17, 15) is 24.0 Å². The summed E-state index contributed by atoms with van der Waals surface area (Å²) in [7, 11) is 0. The average molecular weight is 547 g/mol. The van der Waals surface area contributed by atoms with Gasteiger partial charge in [-0.2, -0.15) is 0 Å². The summed E-state index contributed by atoms with van der Waals surface area (Å²) in [5, 5.41) is 5.25. The topological polar surface area (TPSA) is 157 Å². The van der Waals surface area contributed by atoms with Crippen LogP contribution in [0, 0.1) is 13.8 Å². The molecule has 1 aromatic carbocycles. The maximum absolute atomic E-state index is 14.1. The first-order valence-electron chi connectivity index (χ1n) is 13.3. The van der Waals surface area contributed by atoms with Gasteiger partial charge >= 0.3 is 12.1 Å². The highest BCUT2D eigenvalue weighted by molar-refractivity contribution is 5.95. The zero-order valence-corrected chi connectivity index (χ0v) is 23.8. The van der Waals surface area contributed by atoms with E-state index in [0.717, 1.165) is 17.5 Å². The third-order valence-electron chi connectivity index (χ3n) is 6.30. The van der Waals surface area contributed by atoms with Gasteiger partial charge in [0.2, 0.25) is 17.7 Å². The van der Waals surface area contributed by atoms with Gasteiger partial charge in [-0.25, -0.2) is 4.79 Å². The molecule has 2 rings (SSSR count). The predicted molar refractivity (Wildman–Crippen MR) is 144 cm³/mol. The maximum atomic E-state index is 14.1. The minimum atomic E-state index is -1.33. The number of alkyl carbamates (subject to hydrolysis) is 1. The first-order chi connectivity index (χ1) is 18.2. The molecule has 1 aliphatic carbocycles. The Hall–Kier alpha value is -3.63. The Morgan fingerprint density at radius 3 is 2.31 bits per heavy atom. The molecule has 216 valence electrons. The molecule has 39 heavy (non-hydrogen) atoms. The van der Waals surface area contributed by atoms with Crippen molar-refractivity contribution >= 4 is 29.8 Å². The van der Waals surface area contributed by atoms with Crippen LogP contribution in [-0.4, -0.2) is 65.5 Å². The lowest BCUT2D eigenvalue weighted by atomic mass is 9.87. The Bertz CT molecular complexity index is 1060. The van der Waals surface area contributed by atoms with Gasteiger partial charge in [0, 0.05) is 12.6 Å². The SMILES string of the molecule is CCOC(=O)CCNC(=O)C(c1ccc(C)cc1C)N(C(=O)C(CC(N)=O)NC(=O)OC(C)(C)C)C1CCC1. The van der Waals surface area contributed by atoms with Crippen LogP contribution in [0.5, 0.6) is 0 Å². The molecule has 0 aromatic heterocycles. The molecule has 1 fully saturated rings. The number of nitrogens with two attached hydrogens (primary N) is 1. The molecule has 1 aliphatic rings. The first kappa shape index (κ1) is 31.6. The van der Waals surface area contributed by atoms with Crippen molar-refractivity contribution in [1.29, 1.82) is 0 Å². The summed E-state index contributed by atoms with van der Waals surface area (Å²) in [5.41, 5.74) is 6.98. The van der Waals surface area contributed by atoms with E-state index < -0.39 is 53.9 Å². The largest absolute Gasteiger partial charge is 0.466 e. The van der Waals surface area contributed by atoms with Crippen molar-refractivity contribution in [2.24, 2.45) is 5.73 Å². The molecule has 2 unspecified atom stereocenters. The molecule has 0 saturated heterocycles. The van der Waals surface area contributed by atoms with E-state index >= 15 is 0 Å². The minimum absolute atomic E-state index is 0.0205. The number of rotatable bonds is 12. The zero-order chi connectivity index (χ0) is 29.3. The molecular weight excluding hydrogens is 504 g/mol. The molecule has 2 atom stereocenters. The number of aryl methyl sites for hydroxylation is 2. The Morgan fingerprint density at radius 2 is 1.79 bits per heavy atom. The van der Waals surface area contributed by atoms with Crippen LogP contribution in [0.4, 0.5) is 4.79 Å². The lowest BCUT2D eigenvalue weighted by Gasteiger charge is -2.44. The van der Waals surface area contributed by atoms with Crippen LogP contribution in [0.25, 0.3) is 0 Å². The van der Waals surface area contributed by atoms with Crippen LogP contribution in [-0.2, 0) is 28.7 Å². The van der Waals surface area contributed by atoms with Gasteiger partial charge in [0.1, 0.15) is 17.7 Å². The van der Waals surface area contributed by atoms with Gasteiger partial charge in [0.25, 0.3) is 0 Å². The first-order valence-corrected chi connectivity index (χ1v) is 13.3. The molecule has 4 amide bonds. The fourth-order valence-electron chi connectivity index (χ4n) is 4.38. The number of benzene rings is 1. The van der Waals surface area contributed by atoms with Crippen LogP contribution in [0.15, 0.2) is 18.2 Å². The third-order valence-corrected chi connectivity index (χ3v) is 6.30. The smallest absolute Gasteiger partial charge is 0.408 e. The van der Waals surface area contributed by atoms with Crippen LogP contribution in [0.3, 0.4) is 0 Å². The van der Waals surface area contributed by atoms with Gasteiger partial charge in [-0.3, -0.25) is 19.2 Å². The highest BCUT2D eigenvalue weighted by Crippen LogP contribution is 2.35. The van der Waals surface area contributed by atoms with Crippen molar-refractivity contribution in [2.45, 2.75) is 97.4 Å². The van der Waals surface area contributed by atoms with Crippen LogP contribution < -0.4 is 16.4 Å². The van der Waals surface area contributed by atoms with E-state index in [1.165, 1.54) is 4.90 Å². The summed E-state index contributed by atoms with van der Waals surface area (Å²) < 4.78 is 10.2. The fraction of sp³-hybridized carbons (Fsp3) is 0.607. The van der Waals surface area contributed by atoms with Gasteiger partial charge in [-0.15, -0.1) is 0 Å². The summed E-state index contributed by atoms with van der Waals surface area (Å²) in [6, 6.07) is 2.86. The van der Waals surface area contributed by atoms with Crippen molar-refractivity contribution in [3.05, 3.63) is 34.9 Å². The highest BCUT2D eigenvalue weighted by Gasteiger charge is 2.42. The Kier molecular flexibility index (Phi) is 11.3. The number of carbonyl (C=O) groups is 5. The van der Waals surface area contributed by atoms with E-state index in [1.54, 1.807) is 33.8 Å². The van der Waals surface area contributed by atoms with Crippen molar-refractivity contribution < 1.29 is 33.4 Å². The molecule has 4 N–H and O–H groups in total. The molecule has 0 spiro atoms. The summed E-state index contributed by atoms with van der Waals surface area (Å²) >= 11 is 0. The molecule has 0 radical (unpaired) electrons. The second-order valence-corrected chi connectivity index (χ2v) is 10.8. The molecule has 1 saturated carbocycles. The van der Waals surface area contributed by atoms with Gasteiger partial charge in [0.05, 0.1) is 19.4 Å². The Labute approximate surface area is 230 Å². The number of carbonyl (C=O) groups excluding carboxylic acids is 5. The van der Waals surface area contributed by atoms with Crippen LogP contribution in [0.1, 0.15) is 82.5 Å². The number of ether oxygens (including phenoxy) is 2. The molecule has 0 heterocycles. The van der Waals surface area contributed by atoms with Gasteiger partial charge < -0.3 is 30.7 Å². The van der Waals surface area contributed by atoms with Crippen molar-refractivity contribution in [3.8, 4) is 0 Å². The van der Waals surface area contributed by atoms with Gasteiger partial charge in [0.15, 0.2) is 0 Å². The third kappa shape index (κ3) is 9.56. The second-order valence-electron chi connectivity index (χ2n) is 10.8. The van der Waals surface area contributed by atoms with Crippen molar-refractivity contribution in [2.75, 3.05) is 13.2 Å². The van der Waals surface area contributed by atoms with Crippen molar-refractivity contribution in [3.63, 3.8) is 0 Å². The molecule has 0 bridgehead atoms. The molecule has 11 nitrogen and oxygen atoms in total. The number of amides is 4. The van der Waals surface area contributed by atoms with Gasteiger partial charge in [-0.05, 0) is 71.9 Å². The van der Waals surface area contributed by atoms with Crippen LogP contribution in [0.2, 0.25) is 0 Å². The van der Waals surface area contributed by atoms with Gasteiger partial charge in [-0.1, -0.05) is 23.8 Å². The van der Waals surface area contributed by atoms with E-state index in [0.29, 0.717) is 18.4 Å². The lowest BCUT2D eigenvalue weighted by molar-refractivity contribution is -0.148. The number of nitrogens with one attached hydrogen (secondary N) is 2. The van der Waals surface area contributed by atoms with E-state index in [-0.39, 0.29) is 25.6 Å². The Balaban J connectivity index is 2.47. The fourth-order valence-corrected chi connectivity index (χ4v) is 4.38. The number of hydrogen-bond acceptors (Lipinski definition) is 7. The maximum Gasteiger partial charge on any atom is 0.408 e. The molecule has 11 heteroatoms. The monoisotopic (exact) mass is 546 g/mol. The average Bonchev–Trinajstić information content (AvgIpc) is 2.76. The number of hydrogen-bond donors (Lipinski definition) is 3. The number of primary amides is 1. The number of nitrogens with zero attached hydrogens (tertiary/aromatic N) is 1. The summed E-state index contributed by atoms with van der Waals surface area (Å²) in [6.07, 6.45) is 0.792. The standard InChI is InChI=1S/C28H42N4O7/c1-7-38-23(34)13-14-30-25(35)24(20-12-11-17(2)15-18(20)3)32(19-9-8-10-19)26(36)21(16-22(29)33)31-27(37)39-28(4,5)6/h11-12,15,19,21,24H,7-10,13-14,16H2,1-6H3,(H2,29,33)(H,30,35)(H,31,37). The summed E-state index contributed by atoms with van der Waals surface area (Å²) in [6.45, 7) is 10.8. The quantitative estimate of drug-likeness (QED) is 0.340. The molecule has 1 aromatic rings. The normalized spacial score (nSPS) is 14.8. The zero-order valence-electron chi connectivity index (χ0n) is 23.8. The Morgan fingerprint density at radius 1 is 1.13 bits per heavy atom. The number of esters is 1. The van der Waals surface area contributed by atoms with E-state index in [2.05, 4.69) is 10.6 Å². The van der Waals surface area contributed by atoms with E-state index in [4.69, 9.17) is 15.2 Å². The van der Waals surface area contributed by atoms with E-state index in [1.807, 2.05) is 26.0 Å². The highest BCUT2D eigenvalue weighted by atomic mass is 16.6. The van der Waals surface area contributed by atoms with Crippen LogP contribution >= 0.6 is 0 Å². The summed E-state index contributed by atoms with van der Waals surface area (Å²) in [4.78, 5) is 65.5. The van der Waals surface area contributed by atoms with Crippen molar-refractivity contribution in [1.82, 2.24) is 15.5 Å². The summed E-state index contributed by atoms with van der Waals surface area (Å²) in [5.74, 6) is -2.34. The molecule has 0 aliphatic heterocycles. The molecular formula is C28H42N4O7. The predicted octanol–water partition coefficient (Wildman–Crippen LogP) is 2.56. The lowest BCUT2D eigenvalue weighted by Crippen LogP contribution is -2.58. The minimum Gasteiger partial charge on any atom is -0.466 e. The second kappa shape index (κ2) is 14.0.